The van der Waals surface area contributed by atoms with Crippen LogP contribution in [0.25, 0.3) is 0 Å². The van der Waals surface area contributed by atoms with Crippen LogP contribution in [-0.2, 0) is 6.42 Å². The predicted octanol–water partition coefficient (Wildman–Crippen LogP) is 3.91. The summed E-state index contributed by atoms with van der Waals surface area (Å²) in [4.78, 5) is 0. The molecule has 0 fully saturated rings. The third kappa shape index (κ3) is 3.56. The van der Waals surface area contributed by atoms with Gasteiger partial charge in [-0.05, 0) is 81.6 Å². The molecule has 0 aromatic heterocycles. The Morgan fingerprint density at radius 2 is 1.80 bits per heavy atom. The van der Waals surface area contributed by atoms with Gasteiger partial charge in [0.2, 0.25) is 0 Å². The van der Waals surface area contributed by atoms with Gasteiger partial charge in [0.15, 0.2) is 0 Å². The summed E-state index contributed by atoms with van der Waals surface area (Å²) in [5, 5.41) is 0. The van der Waals surface area contributed by atoms with Crippen molar-refractivity contribution in [3.63, 3.8) is 0 Å². The van der Waals surface area contributed by atoms with Crippen molar-refractivity contribution in [1.29, 1.82) is 0 Å². The minimum atomic E-state index is 0.235. The van der Waals surface area contributed by atoms with E-state index in [1.165, 1.54) is 18.3 Å². The number of hydrogen-bond acceptors (Lipinski definition) is 1. The van der Waals surface area contributed by atoms with E-state index in [0.29, 0.717) is 5.92 Å². The minimum absolute atomic E-state index is 0.235. The van der Waals surface area contributed by atoms with Crippen LogP contribution in [0.15, 0.2) is 12.1 Å². The Hall–Kier alpha value is 0.640. The van der Waals surface area contributed by atoms with E-state index in [2.05, 4.69) is 78.1 Å². The largest absolute Gasteiger partial charge is 0.328 e. The zero-order chi connectivity index (χ0) is 11.6. The van der Waals surface area contributed by atoms with E-state index in [1.807, 2.05) is 0 Å². The molecule has 1 atom stereocenters. The van der Waals surface area contributed by atoms with Crippen molar-refractivity contribution < 1.29 is 0 Å². The number of halogens is 2. The summed E-state index contributed by atoms with van der Waals surface area (Å²) >= 11 is 4.87. The first-order valence-electron chi connectivity index (χ1n) is 5.15. The van der Waals surface area contributed by atoms with Gasteiger partial charge in [-0.1, -0.05) is 19.9 Å². The van der Waals surface area contributed by atoms with Gasteiger partial charge in [0, 0.05) is 13.2 Å². The Labute approximate surface area is 119 Å². The maximum Gasteiger partial charge on any atom is 0.0208 e. The molecule has 0 saturated carbocycles. The summed E-state index contributed by atoms with van der Waals surface area (Å²) in [6, 6.07) is 4.65. The van der Waals surface area contributed by atoms with Crippen molar-refractivity contribution in [3.8, 4) is 0 Å². The summed E-state index contributed by atoms with van der Waals surface area (Å²) in [6.45, 7) is 6.55. The van der Waals surface area contributed by atoms with Gasteiger partial charge in [-0.25, -0.2) is 0 Å². The Morgan fingerprint density at radius 3 is 2.27 bits per heavy atom. The second-order valence-electron chi connectivity index (χ2n) is 4.27. The molecule has 0 radical (unpaired) electrons. The summed E-state index contributed by atoms with van der Waals surface area (Å²) in [5.74, 6) is 0.580. The Morgan fingerprint density at radius 1 is 1.20 bits per heavy atom. The second-order valence-corrected chi connectivity index (χ2v) is 6.51. The highest BCUT2D eigenvalue weighted by molar-refractivity contribution is 14.1. The van der Waals surface area contributed by atoms with Crippen molar-refractivity contribution >= 4 is 45.2 Å². The lowest BCUT2D eigenvalue weighted by Gasteiger charge is -2.16. The van der Waals surface area contributed by atoms with Crippen LogP contribution in [0.4, 0.5) is 0 Å². The van der Waals surface area contributed by atoms with Crippen molar-refractivity contribution in [2.24, 2.45) is 5.73 Å². The SMILES string of the molecule is CC(N)Cc1ccc(I)c(C(C)C)c1I. The fourth-order valence-electron chi connectivity index (χ4n) is 1.65. The monoisotopic (exact) mass is 429 g/mol. The van der Waals surface area contributed by atoms with Crippen molar-refractivity contribution in [1.82, 2.24) is 0 Å². The van der Waals surface area contributed by atoms with Gasteiger partial charge in [-0.2, -0.15) is 0 Å². The lowest BCUT2D eigenvalue weighted by atomic mass is 9.98. The van der Waals surface area contributed by atoms with Gasteiger partial charge < -0.3 is 5.73 Å². The Balaban J connectivity index is 3.16. The average Bonchev–Trinajstić information content (AvgIpc) is 2.09. The van der Waals surface area contributed by atoms with E-state index in [9.17, 15) is 0 Å². The van der Waals surface area contributed by atoms with Crippen LogP contribution in [0.1, 0.15) is 37.8 Å². The molecule has 0 aliphatic heterocycles. The summed E-state index contributed by atoms with van der Waals surface area (Å²) in [5.41, 5.74) is 8.70. The molecule has 0 aliphatic carbocycles. The van der Waals surface area contributed by atoms with Crippen LogP contribution < -0.4 is 5.73 Å². The topological polar surface area (TPSA) is 26.0 Å². The average molecular weight is 429 g/mol. The number of hydrogen-bond donors (Lipinski definition) is 1. The molecule has 84 valence electrons. The van der Waals surface area contributed by atoms with E-state index in [4.69, 9.17) is 5.73 Å². The summed E-state index contributed by atoms with van der Waals surface area (Å²) in [6.07, 6.45) is 0.967. The standard InChI is InChI=1S/C12H17I2N/c1-7(2)11-10(13)5-4-9(12(11)14)6-8(3)15/h4-5,7-8H,6,15H2,1-3H3. The molecule has 1 rings (SSSR count). The predicted molar refractivity (Wildman–Crippen MR) is 83.3 cm³/mol. The lowest BCUT2D eigenvalue weighted by molar-refractivity contribution is 0.731. The molecule has 15 heavy (non-hydrogen) atoms. The van der Waals surface area contributed by atoms with Gasteiger partial charge in [0.05, 0.1) is 0 Å². The molecule has 0 saturated heterocycles. The lowest BCUT2D eigenvalue weighted by Crippen LogP contribution is -2.19. The van der Waals surface area contributed by atoms with Gasteiger partial charge >= 0.3 is 0 Å². The van der Waals surface area contributed by atoms with E-state index in [0.717, 1.165) is 6.42 Å². The summed E-state index contributed by atoms with van der Waals surface area (Å²) < 4.78 is 2.76. The molecule has 0 aliphatic rings. The fourth-order valence-corrected chi connectivity index (χ4v) is 4.55. The van der Waals surface area contributed by atoms with Crippen LogP contribution in [-0.4, -0.2) is 6.04 Å². The first-order chi connectivity index (χ1) is 6.93. The fraction of sp³-hybridized carbons (Fsp3) is 0.500. The minimum Gasteiger partial charge on any atom is -0.328 e. The highest BCUT2D eigenvalue weighted by atomic mass is 127. The molecule has 2 N–H and O–H groups in total. The van der Waals surface area contributed by atoms with Crippen LogP contribution in [0, 0.1) is 7.14 Å². The number of nitrogens with two attached hydrogens (primary N) is 1. The first-order valence-corrected chi connectivity index (χ1v) is 7.31. The number of rotatable bonds is 3. The Kier molecular flexibility index (Phi) is 5.31. The summed E-state index contributed by atoms with van der Waals surface area (Å²) in [7, 11) is 0. The molecule has 3 heteroatoms. The van der Waals surface area contributed by atoms with E-state index in [1.54, 1.807) is 0 Å². The maximum atomic E-state index is 5.85. The van der Waals surface area contributed by atoms with Crippen molar-refractivity contribution in [2.45, 2.75) is 39.2 Å². The van der Waals surface area contributed by atoms with Gasteiger partial charge in [0.1, 0.15) is 0 Å². The molecule has 1 nitrogen and oxygen atoms in total. The van der Waals surface area contributed by atoms with Crippen molar-refractivity contribution in [3.05, 3.63) is 30.4 Å². The van der Waals surface area contributed by atoms with E-state index >= 15 is 0 Å². The van der Waals surface area contributed by atoms with E-state index < -0.39 is 0 Å². The van der Waals surface area contributed by atoms with Gasteiger partial charge in [-0.15, -0.1) is 0 Å². The van der Waals surface area contributed by atoms with Crippen LogP contribution in [0.3, 0.4) is 0 Å². The third-order valence-corrected chi connectivity index (χ3v) is 4.54. The Bertz CT molecular complexity index is 346. The quantitative estimate of drug-likeness (QED) is 0.725. The molecule has 0 bridgehead atoms. The molecule has 1 aromatic carbocycles. The molecular formula is C12H17I2N. The van der Waals surface area contributed by atoms with Crippen LogP contribution in [0.2, 0.25) is 0 Å². The first kappa shape index (κ1) is 13.7. The molecule has 0 heterocycles. The maximum absolute atomic E-state index is 5.85. The van der Waals surface area contributed by atoms with E-state index in [-0.39, 0.29) is 6.04 Å². The second kappa shape index (κ2) is 5.82. The number of benzene rings is 1. The highest BCUT2D eigenvalue weighted by Crippen LogP contribution is 2.29. The third-order valence-electron chi connectivity index (χ3n) is 2.33. The van der Waals surface area contributed by atoms with Gasteiger partial charge in [0.25, 0.3) is 0 Å². The molecule has 0 spiro atoms. The molecule has 0 amide bonds. The molecular weight excluding hydrogens is 412 g/mol. The smallest absolute Gasteiger partial charge is 0.0208 e. The zero-order valence-corrected chi connectivity index (χ0v) is 13.7. The highest BCUT2D eigenvalue weighted by Gasteiger charge is 2.13. The van der Waals surface area contributed by atoms with Gasteiger partial charge in [-0.3, -0.25) is 0 Å². The van der Waals surface area contributed by atoms with Crippen LogP contribution in [0.5, 0.6) is 0 Å². The molecule has 1 unspecified atom stereocenters. The van der Waals surface area contributed by atoms with Crippen molar-refractivity contribution in [2.75, 3.05) is 0 Å². The van der Waals surface area contributed by atoms with Crippen LogP contribution >= 0.6 is 45.2 Å². The zero-order valence-electron chi connectivity index (χ0n) is 9.35. The normalized spacial score (nSPS) is 13.3. The molecule has 1 aromatic rings.